The highest BCUT2D eigenvalue weighted by molar-refractivity contribution is 4.90. The number of rotatable bonds is 4. The van der Waals surface area contributed by atoms with Crippen molar-refractivity contribution in [1.29, 1.82) is 0 Å². The van der Waals surface area contributed by atoms with Gasteiger partial charge in [-0.25, -0.2) is 0 Å². The zero-order valence-electron chi connectivity index (χ0n) is 13.6. The minimum absolute atomic E-state index is 0.804. The minimum atomic E-state index is 0.804. The van der Waals surface area contributed by atoms with Crippen molar-refractivity contribution in [3.8, 4) is 0 Å². The van der Waals surface area contributed by atoms with Gasteiger partial charge in [-0.2, -0.15) is 0 Å². The van der Waals surface area contributed by atoms with E-state index in [1.54, 1.807) is 0 Å². The maximum Gasteiger partial charge on any atom is 0.0100 e. The van der Waals surface area contributed by atoms with Crippen LogP contribution in [0.4, 0.5) is 0 Å². The second-order valence-corrected chi connectivity index (χ2v) is 7.76. The Bertz CT molecular complexity index is 232. The van der Waals surface area contributed by atoms with Crippen LogP contribution in [0.15, 0.2) is 0 Å². The van der Waals surface area contributed by atoms with Crippen LogP contribution in [0, 0.1) is 23.7 Å². The SMILES string of the molecule is CC(C)[C@H]1CCCC[C@H]1N[C@H]1CCCC[C@H]1C(C)C. The Balaban J connectivity index is 1.96. The van der Waals surface area contributed by atoms with E-state index in [2.05, 4.69) is 33.0 Å². The molecule has 1 nitrogen and oxygen atoms in total. The standard InChI is InChI=1S/C18H35N/c1-13(2)15-9-5-7-11-17(15)19-18-12-8-6-10-16(18)14(3)4/h13-19H,5-12H2,1-4H3/t15-,16+,17-,18+. The van der Waals surface area contributed by atoms with Crippen LogP contribution in [0.25, 0.3) is 0 Å². The fraction of sp³-hybridized carbons (Fsp3) is 1.00. The maximum atomic E-state index is 4.12. The van der Waals surface area contributed by atoms with E-state index in [0.29, 0.717) is 0 Å². The van der Waals surface area contributed by atoms with E-state index in [1.165, 1.54) is 51.4 Å². The van der Waals surface area contributed by atoms with E-state index >= 15 is 0 Å². The first kappa shape index (κ1) is 15.4. The molecular formula is C18H35N. The van der Waals surface area contributed by atoms with Gasteiger partial charge in [-0.1, -0.05) is 53.4 Å². The first-order chi connectivity index (χ1) is 9.09. The topological polar surface area (TPSA) is 12.0 Å². The third kappa shape index (κ3) is 3.97. The van der Waals surface area contributed by atoms with Gasteiger partial charge in [0.05, 0.1) is 0 Å². The Kier molecular flexibility index (Phi) is 5.74. The summed E-state index contributed by atoms with van der Waals surface area (Å²) < 4.78 is 0. The third-order valence-electron chi connectivity index (χ3n) is 5.78. The predicted octanol–water partition coefficient (Wildman–Crippen LogP) is 5.01. The Labute approximate surface area is 120 Å². The fourth-order valence-electron chi connectivity index (χ4n) is 4.60. The molecule has 2 rings (SSSR count). The molecule has 0 unspecified atom stereocenters. The molecule has 112 valence electrons. The van der Waals surface area contributed by atoms with Crippen LogP contribution in [0.1, 0.15) is 79.1 Å². The van der Waals surface area contributed by atoms with Crippen molar-refractivity contribution in [3.63, 3.8) is 0 Å². The molecular weight excluding hydrogens is 230 g/mol. The van der Waals surface area contributed by atoms with E-state index in [1.807, 2.05) is 0 Å². The van der Waals surface area contributed by atoms with E-state index < -0.39 is 0 Å². The van der Waals surface area contributed by atoms with Crippen LogP contribution < -0.4 is 5.32 Å². The van der Waals surface area contributed by atoms with Gasteiger partial charge in [-0.3, -0.25) is 0 Å². The number of hydrogen-bond donors (Lipinski definition) is 1. The molecule has 0 amide bonds. The summed E-state index contributed by atoms with van der Waals surface area (Å²) in [4.78, 5) is 0. The van der Waals surface area contributed by atoms with Crippen molar-refractivity contribution in [2.75, 3.05) is 0 Å². The lowest BCUT2D eigenvalue weighted by molar-refractivity contribution is 0.137. The van der Waals surface area contributed by atoms with Crippen molar-refractivity contribution in [3.05, 3.63) is 0 Å². The van der Waals surface area contributed by atoms with Crippen molar-refractivity contribution in [2.24, 2.45) is 23.7 Å². The minimum Gasteiger partial charge on any atom is -0.311 e. The van der Waals surface area contributed by atoms with Crippen molar-refractivity contribution < 1.29 is 0 Å². The first-order valence-electron chi connectivity index (χ1n) is 8.85. The summed E-state index contributed by atoms with van der Waals surface area (Å²) in [5.41, 5.74) is 0. The second-order valence-electron chi connectivity index (χ2n) is 7.76. The Hall–Kier alpha value is -0.0400. The van der Waals surface area contributed by atoms with Crippen LogP contribution in [0.5, 0.6) is 0 Å². The molecule has 0 saturated heterocycles. The molecule has 2 fully saturated rings. The fourth-order valence-corrected chi connectivity index (χ4v) is 4.60. The lowest BCUT2D eigenvalue weighted by Gasteiger charge is -2.42. The van der Waals surface area contributed by atoms with Gasteiger partial charge in [0, 0.05) is 12.1 Å². The zero-order chi connectivity index (χ0) is 13.8. The maximum absolute atomic E-state index is 4.12. The molecule has 4 atom stereocenters. The molecule has 2 aliphatic rings. The number of hydrogen-bond acceptors (Lipinski definition) is 1. The van der Waals surface area contributed by atoms with Gasteiger partial charge in [0.15, 0.2) is 0 Å². The summed E-state index contributed by atoms with van der Waals surface area (Å²) in [6.07, 6.45) is 11.6. The van der Waals surface area contributed by atoms with Crippen LogP contribution in [-0.2, 0) is 0 Å². The molecule has 0 bridgehead atoms. The highest BCUT2D eigenvalue weighted by atomic mass is 15.0. The highest BCUT2D eigenvalue weighted by Gasteiger charge is 2.33. The predicted molar refractivity (Wildman–Crippen MR) is 84.3 cm³/mol. The molecule has 0 spiro atoms. The lowest BCUT2D eigenvalue weighted by Crippen LogP contribution is -2.50. The second kappa shape index (κ2) is 7.11. The van der Waals surface area contributed by atoms with Crippen molar-refractivity contribution in [2.45, 2.75) is 91.1 Å². The molecule has 1 heteroatoms. The van der Waals surface area contributed by atoms with Crippen molar-refractivity contribution >= 4 is 0 Å². The quantitative estimate of drug-likeness (QED) is 0.754. The first-order valence-corrected chi connectivity index (χ1v) is 8.85. The largest absolute Gasteiger partial charge is 0.311 e. The van der Waals surface area contributed by atoms with E-state index in [-0.39, 0.29) is 0 Å². The Morgan fingerprint density at radius 3 is 1.37 bits per heavy atom. The number of nitrogens with one attached hydrogen (secondary N) is 1. The molecule has 2 aliphatic carbocycles. The van der Waals surface area contributed by atoms with E-state index in [9.17, 15) is 0 Å². The molecule has 0 aromatic heterocycles. The van der Waals surface area contributed by atoms with Gasteiger partial charge in [0.1, 0.15) is 0 Å². The van der Waals surface area contributed by atoms with Gasteiger partial charge in [0.25, 0.3) is 0 Å². The summed E-state index contributed by atoms with van der Waals surface area (Å²) in [5, 5.41) is 4.12. The Morgan fingerprint density at radius 1 is 0.632 bits per heavy atom. The smallest absolute Gasteiger partial charge is 0.0100 e. The van der Waals surface area contributed by atoms with Crippen molar-refractivity contribution in [1.82, 2.24) is 5.32 Å². The summed E-state index contributed by atoms with van der Waals surface area (Å²) >= 11 is 0. The molecule has 2 saturated carbocycles. The molecule has 0 aromatic carbocycles. The van der Waals surface area contributed by atoms with Crippen LogP contribution in [-0.4, -0.2) is 12.1 Å². The van der Waals surface area contributed by atoms with E-state index in [0.717, 1.165) is 35.8 Å². The van der Waals surface area contributed by atoms with Crippen LogP contribution in [0.3, 0.4) is 0 Å². The third-order valence-corrected chi connectivity index (χ3v) is 5.78. The van der Waals surface area contributed by atoms with Gasteiger partial charge in [-0.15, -0.1) is 0 Å². The normalized spacial score (nSPS) is 36.9. The van der Waals surface area contributed by atoms with Gasteiger partial charge >= 0.3 is 0 Å². The van der Waals surface area contributed by atoms with E-state index in [4.69, 9.17) is 0 Å². The highest BCUT2D eigenvalue weighted by Crippen LogP contribution is 2.34. The lowest BCUT2D eigenvalue weighted by atomic mass is 9.74. The summed E-state index contributed by atoms with van der Waals surface area (Å²) in [5.74, 6) is 3.53. The molecule has 0 aliphatic heterocycles. The van der Waals surface area contributed by atoms with Crippen LogP contribution >= 0.6 is 0 Å². The average molecular weight is 265 g/mol. The zero-order valence-corrected chi connectivity index (χ0v) is 13.6. The molecule has 1 N–H and O–H groups in total. The molecule has 0 heterocycles. The van der Waals surface area contributed by atoms with Crippen LogP contribution in [0.2, 0.25) is 0 Å². The Morgan fingerprint density at radius 2 is 1.00 bits per heavy atom. The van der Waals surface area contributed by atoms with Gasteiger partial charge in [-0.05, 0) is 49.4 Å². The molecule has 0 radical (unpaired) electrons. The summed E-state index contributed by atoms with van der Waals surface area (Å²) in [6.45, 7) is 9.69. The summed E-state index contributed by atoms with van der Waals surface area (Å²) in [6, 6.07) is 1.61. The van der Waals surface area contributed by atoms with Gasteiger partial charge < -0.3 is 5.32 Å². The molecule has 0 aromatic rings. The van der Waals surface area contributed by atoms with Gasteiger partial charge in [0.2, 0.25) is 0 Å². The molecule has 19 heavy (non-hydrogen) atoms. The summed E-state index contributed by atoms with van der Waals surface area (Å²) in [7, 11) is 0. The average Bonchev–Trinajstić information content (AvgIpc) is 2.39. The monoisotopic (exact) mass is 265 g/mol.